The third kappa shape index (κ3) is 2.40. The van der Waals surface area contributed by atoms with Crippen molar-refractivity contribution in [2.24, 2.45) is 0 Å². The molecule has 0 bridgehead atoms. The minimum absolute atomic E-state index is 0.132. The van der Waals surface area contributed by atoms with Crippen LogP contribution in [0.3, 0.4) is 0 Å². The molecule has 0 aliphatic rings. The smallest absolute Gasteiger partial charge is 0.152 e. The van der Waals surface area contributed by atoms with Gasteiger partial charge in [0.15, 0.2) is 12.1 Å². The number of anilines is 1. The molecular weight excluding hydrogens is 262 g/mol. The maximum absolute atomic E-state index is 11.2. The molecule has 0 aliphatic heterocycles. The Hall–Kier alpha value is -2.62. The van der Waals surface area contributed by atoms with Crippen LogP contribution in [0.2, 0.25) is 0 Å². The number of aromatic nitrogens is 2. The van der Waals surface area contributed by atoms with E-state index in [4.69, 9.17) is 0 Å². The van der Waals surface area contributed by atoms with E-state index in [0.29, 0.717) is 5.56 Å². The molecule has 3 rings (SSSR count). The molecule has 0 radical (unpaired) electrons. The highest BCUT2D eigenvalue weighted by Crippen LogP contribution is 2.27. The molecule has 4 heteroatoms. The van der Waals surface area contributed by atoms with Gasteiger partial charge in [-0.15, -0.1) is 0 Å². The lowest BCUT2D eigenvalue weighted by atomic mass is 10.1. The van der Waals surface area contributed by atoms with Crippen molar-refractivity contribution in [3.8, 4) is 0 Å². The topological polar surface area (TPSA) is 57.8 Å². The Kier molecular flexibility index (Phi) is 3.44. The minimum Gasteiger partial charge on any atom is -0.362 e. The van der Waals surface area contributed by atoms with Crippen LogP contribution in [-0.2, 0) is 0 Å². The van der Waals surface area contributed by atoms with Gasteiger partial charge in [0.25, 0.3) is 0 Å². The van der Waals surface area contributed by atoms with Crippen LogP contribution in [0.5, 0.6) is 0 Å². The number of benzene rings is 1. The Morgan fingerprint density at radius 1 is 1.24 bits per heavy atom. The monoisotopic (exact) mass is 279 g/mol. The molecule has 0 saturated heterocycles. The van der Waals surface area contributed by atoms with E-state index in [1.165, 1.54) is 5.56 Å². The average Bonchev–Trinajstić information content (AvgIpc) is 2.84. The minimum atomic E-state index is 0.132. The van der Waals surface area contributed by atoms with Gasteiger partial charge in [-0.2, -0.15) is 0 Å². The summed E-state index contributed by atoms with van der Waals surface area (Å²) in [6, 6.07) is 12.2. The van der Waals surface area contributed by atoms with E-state index in [-0.39, 0.29) is 6.04 Å². The van der Waals surface area contributed by atoms with Crippen LogP contribution >= 0.6 is 0 Å². The summed E-state index contributed by atoms with van der Waals surface area (Å²) in [7, 11) is 0. The first-order valence-corrected chi connectivity index (χ1v) is 6.94. The number of aryl methyl sites for hydroxylation is 1. The second-order valence-corrected chi connectivity index (χ2v) is 5.14. The van der Waals surface area contributed by atoms with Crippen LogP contribution in [0.4, 0.5) is 5.82 Å². The fraction of sp³-hybridized carbons (Fsp3) is 0.176. The summed E-state index contributed by atoms with van der Waals surface area (Å²) in [5.74, 6) is 0.764. The highest BCUT2D eigenvalue weighted by Gasteiger charge is 2.13. The predicted molar refractivity (Wildman–Crippen MR) is 84.7 cm³/mol. The summed E-state index contributed by atoms with van der Waals surface area (Å²) < 4.78 is 0. The second-order valence-electron chi connectivity index (χ2n) is 5.14. The van der Waals surface area contributed by atoms with Gasteiger partial charge < -0.3 is 10.3 Å². The molecule has 0 spiro atoms. The Labute approximate surface area is 123 Å². The highest BCUT2D eigenvalue weighted by molar-refractivity contribution is 6.02. The molecule has 4 nitrogen and oxygen atoms in total. The summed E-state index contributed by atoms with van der Waals surface area (Å²) in [4.78, 5) is 18.8. The van der Waals surface area contributed by atoms with Gasteiger partial charge in [-0.3, -0.25) is 4.79 Å². The number of H-pyrrole nitrogens is 1. The third-order valence-corrected chi connectivity index (χ3v) is 3.73. The van der Waals surface area contributed by atoms with Gasteiger partial charge in [0.2, 0.25) is 0 Å². The van der Waals surface area contributed by atoms with Crippen LogP contribution in [0.15, 0.2) is 42.6 Å². The summed E-state index contributed by atoms with van der Waals surface area (Å²) >= 11 is 0. The summed E-state index contributed by atoms with van der Waals surface area (Å²) in [6.45, 7) is 3.99. The molecule has 0 fully saturated rings. The lowest BCUT2D eigenvalue weighted by molar-refractivity contribution is 0.112. The number of nitrogens with zero attached hydrogens (tertiary/aromatic N) is 1. The van der Waals surface area contributed by atoms with Gasteiger partial charge in [-0.05, 0) is 25.5 Å². The predicted octanol–water partition coefficient (Wildman–Crippen LogP) is 3.86. The van der Waals surface area contributed by atoms with E-state index in [1.54, 1.807) is 6.20 Å². The van der Waals surface area contributed by atoms with Crippen LogP contribution < -0.4 is 5.32 Å². The van der Waals surface area contributed by atoms with E-state index >= 15 is 0 Å². The number of pyridine rings is 1. The standard InChI is InChI=1S/C17H17N3O/c1-11(13-6-4-3-5-7-13)20-17-16-14(8-9-18-17)15(10-21)12(2)19-16/h3-11,19H,1-2H3,(H,18,20). The maximum atomic E-state index is 11.2. The highest BCUT2D eigenvalue weighted by atomic mass is 16.1. The zero-order valence-electron chi connectivity index (χ0n) is 12.1. The second kappa shape index (κ2) is 5.40. The van der Waals surface area contributed by atoms with Crippen LogP contribution in [0.25, 0.3) is 10.9 Å². The number of hydrogen-bond acceptors (Lipinski definition) is 3. The van der Waals surface area contributed by atoms with E-state index in [2.05, 4.69) is 34.3 Å². The van der Waals surface area contributed by atoms with Gasteiger partial charge in [0, 0.05) is 22.8 Å². The average molecular weight is 279 g/mol. The van der Waals surface area contributed by atoms with Crippen molar-refractivity contribution >= 4 is 23.0 Å². The Balaban J connectivity index is 2.00. The number of aromatic amines is 1. The van der Waals surface area contributed by atoms with Gasteiger partial charge in [-0.25, -0.2) is 4.98 Å². The van der Waals surface area contributed by atoms with Crippen molar-refractivity contribution in [1.29, 1.82) is 0 Å². The Morgan fingerprint density at radius 2 is 2.00 bits per heavy atom. The van der Waals surface area contributed by atoms with E-state index in [9.17, 15) is 4.79 Å². The molecule has 106 valence electrons. The lowest BCUT2D eigenvalue weighted by Gasteiger charge is -2.15. The number of nitrogens with one attached hydrogen (secondary N) is 2. The largest absolute Gasteiger partial charge is 0.362 e. The molecule has 2 N–H and O–H groups in total. The number of carbonyl (C=O) groups is 1. The molecular formula is C17H17N3O. The zero-order valence-corrected chi connectivity index (χ0v) is 12.1. The van der Waals surface area contributed by atoms with Crippen molar-refractivity contribution in [1.82, 2.24) is 9.97 Å². The van der Waals surface area contributed by atoms with E-state index in [1.807, 2.05) is 31.2 Å². The SMILES string of the molecule is Cc1[nH]c2c(NC(C)c3ccccc3)nccc2c1C=O. The summed E-state index contributed by atoms with van der Waals surface area (Å²) in [6.07, 6.45) is 2.61. The van der Waals surface area contributed by atoms with Crippen molar-refractivity contribution in [2.75, 3.05) is 5.32 Å². The summed E-state index contributed by atoms with van der Waals surface area (Å²) in [5.41, 5.74) is 3.63. The molecule has 0 saturated carbocycles. The molecule has 1 unspecified atom stereocenters. The number of carbonyl (C=O) groups excluding carboxylic acids is 1. The normalized spacial score (nSPS) is 12.3. The maximum Gasteiger partial charge on any atom is 0.152 e. The fourth-order valence-electron chi connectivity index (χ4n) is 2.56. The molecule has 1 aromatic carbocycles. The van der Waals surface area contributed by atoms with E-state index in [0.717, 1.165) is 28.7 Å². The van der Waals surface area contributed by atoms with Crippen molar-refractivity contribution in [3.63, 3.8) is 0 Å². The van der Waals surface area contributed by atoms with Crippen molar-refractivity contribution in [3.05, 3.63) is 59.4 Å². The van der Waals surface area contributed by atoms with Crippen LogP contribution in [0.1, 0.15) is 34.6 Å². The summed E-state index contributed by atoms with van der Waals surface area (Å²) in [5, 5.41) is 4.31. The zero-order chi connectivity index (χ0) is 14.8. The van der Waals surface area contributed by atoms with Crippen LogP contribution in [0, 0.1) is 6.92 Å². The van der Waals surface area contributed by atoms with Gasteiger partial charge >= 0.3 is 0 Å². The number of aldehydes is 1. The first kappa shape index (κ1) is 13.4. The van der Waals surface area contributed by atoms with Crippen LogP contribution in [-0.4, -0.2) is 16.3 Å². The Bertz CT molecular complexity index is 777. The molecule has 1 atom stereocenters. The number of rotatable bonds is 4. The number of fused-ring (bicyclic) bond motifs is 1. The molecule has 0 amide bonds. The quantitative estimate of drug-likeness (QED) is 0.713. The molecule has 2 heterocycles. The van der Waals surface area contributed by atoms with Gasteiger partial charge in [0.1, 0.15) is 0 Å². The molecule has 21 heavy (non-hydrogen) atoms. The van der Waals surface area contributed by atoms with Crippen molar-refractivity contribution in [2.45, 2.75) is 19.9 Å². The third-order valence-electron chi connectivity index (χ3n) is 3.73. The molecule has 0 aliphatic carbocycles. The van der Waals surface area contributed by atoms with Gasteiger partial charge in [-0.1, -0.05) is 30.3 Å². The molecule has 3 aromatic rings. The lowest BCUT2D eigenvalue weighted by Crippen LogP contribution is -2.08. The fourth-order valence-corrected chi connectivity index (χ4v) is 2.56. The van der Waals surface area contributed by atoms with E-state index < -0.39 is 0 Å². The van der Waals surface area contributed by atoms with Crippen molar-refractivity contribution < 1.29 is 4.79 Å². The Morgan fingerprint density at radius 3 is 2.71 bits per heavy atom. The molecule has 2 aromatic heterocycles. The first-order valence-electron chi connectivity index (χ1n) is 6.94. The number of hydrogen-bond donors (Lipinski definition) is 2. The first-order chi connectivity index (χ1) is 10.2. The van der Waals surface area contributed by atoms with Gasteiger partial charge in [0.05, 0.1) is 11.6 Å².